The molecule has 4 rings (SSSR count). The van der Waals surface area contributed by atoms with Gasteiger partial charge in [-0.1, -0.05) is 60.7 Å². The lowest BCUT2D eigenvalue weighted by molar-refractivity contribution is 0.0793. The first kappa shape index (κ1) is 18.4. The number of benzene rings is 3. The van der Waals surface area contributed by atoms with Crippen molar-refractivity contribution in [3.05, 3.63) is 90.5 Å². The molecule has 5 heteroatoms. The molecule has 1 unspecified atom stereocenters. The molecule has 1 saturated heterocycles. The van der Waals surface area contributed by atoms with Crippen LogP contribution < -0.4 is 0 Å². The summed E-state index contributed by atoms with van der Waals surface area (Å²) in [6.07, 6.45) is 0.463. The van der Waals surface area contributed by atoms with Crippen molar-refractivity contribution in [2.75, 3.05) is 13.1 Å². The maximum absolute atomic E-state index is 12.8. The van der Waals surface area contributed by atoms with Gasteiger partial charge >= 0.3 is 0 Å². The van der Waals surface area contributed by atoms with Crippen LogP contribution in [0.1, 0.15) is 16.8 Å². The summed E-state index contributed by atoms with van der Waals surface area (Å²) in [4.78, 5) is 14.8. The fourth-order valence-electron chi connectivity index (χ4n) is 3.59. The highest BCUT2D eigenvalue weighted by molar-refractivity contribution is 7.92. The van der Waals surface area contributed by atoms with E-state index >= 15 is 0 Å². The van der Waals surface area contributed by atoms with Crippen molar-refractivity contribution in [3.8, 4) is 11.1 Å². The zero-order valence-corrected chi connectivity index (χ0v) is 16.2. The second-order valence-electron chi connectivity index (χ2n) is 6.96. The molecular formula is C23H21NO3S. The highest BCUT2D eigenvalue weighted by Gasteiger charge is 2.36. The molecule has 1 heterocycles. The summed E-state index contributed by atoms with van der Waals surface area (Å²) in [6.45, 7) is 0.687. The molecule has 0 N–H and O–H groups in total. The zero-order valence-electron chi connectivity index (χ0n) is 15.4. The van der Waals surface area contributed by atoms with E-state index in [2.05, 4.69) is 0 Å². The molecule has 4 nitrogen and oxygen atoms in total. The largest absolute Gasteiger partial charge is 0.337 e. The summed E-state index contributed by atoms with van der Waals surface area (Å²) in [6, 6.07) is 25.9. The van der Waals surface area contributed by atoms with Crippen molar-refractivity contribution in [1.82, 2.24) is 4.90 Å². The summed E-state index contributed by atoms with van der Waals surface area (Å²) in [7, 11) is -3.42. The first-order chi connectivity index (χ1) is 13.6. The molecule has 0 radical (unpaired) electrons. The molecule has 0 bridgehead atoms. The lowest BCUT2D eigenvalue weighted by Crippen LogP contribution is -2.31. The van der Waals surface area contributed by atoms with Crippen LogP contribution in [0.3, 0.4) is 0 Å². The average molecular weight is 391 g/mol. The molecule has 0 aliphatic carbocycles. The van der Waals surface area contributed by atoms with Crippen molar-refractivity contribution in [1.29, 1.82) is 0 Å². The number of likely N-dealkylation sites (tertiary alicyclic amines) is 1. The van der Waals surface area contributed by atoms with E-state index in [1.165, 1.54) is 0 Å². The first-order valence-corrected chi connectivity index (χ1v) is 10.8. The van der Waals surface area contributed by atoms with Crippen LogP contribution in [0.25, 0.3) is 11.1 Å². The number of hydrogen-bond donors (Lipinski definition) is 0. The maximum atomic E-state index is 12.8. The fourth-order valence-corrected chi connectivity index (χ4v) is 5.30. The molecule has 0 aromatic heterocycles. The van der Waals surface area contributed by atoms with E-state index in [1.54, 1.807) is 35.2 Å². The van der Waals surface area contributed by atoms with Gasteiger partial charge in [0.1, 0.15) is 0 Å². The molecular weight excluding hydrogens is 370 g/mol. The number of amides is 1. The molecule has 1 aliphatic heterocycles. The highest BCUT2D eigenvalue weighted by atomic mass is 32.2. The van der Waals surface area contributed by atoms with Gasteiger partial charge in [-0.25, -0.2) is 8.42 Å². The normalized spacial score (nSPS) is 16.9. The minimum Gasteiger partial charge on any atom is -0.337 e. The van der Waals surface area contributed by atoms with Gasteiger partial charge in [-0.2, -0.15) is 0 Å². The molecule has 1 amide bonds. The molecule has 1 atom stereocenters. The predicted molar refractivity (Wildman–Crippen MR) is 110 cm³/mol. The molecule has 0 spiro atoms. The molecule has 1 aliphatic rings. The Labute approximate surface area is 165 Å². The zero-order chi connectivity index (χ0) is 19.6. The minimum atomic E-state index is -3.42. The molecule has 1 fully saturated rings. The maximum Gasteiger partial charge on any atom is 0.253 e. The molecule has 3 aromatic carbocycles. The number of carbonyl (C=O) groups is 1. The van der Waals surface area contributed by atoms with E-state index in [4.69, 9.17) is 0 Å². The van der Waals surface area contributed by atoms with E-state index in [-0.39, 0.29) is 12.5 Å². The summed E-state index contributed by atoms with van der Waals surface area (Å²) in [5, 5.41) is -0.553. The third-order valence-electron chi connectivity index (χ3n) is 5.18. The Hall–Kier alpha value is -2.92. The van der Waals surface area contributed by atoms with Gasteiger partial charge in [0.2, 0.25) is 0 Å². The van der Waals surface area contributed by atoms with Crippen LogP contribution in [0.2, 0.25) is 0 Å². The van der Waals surface area contributed by atoms with Crippen LogP contribution in [0, 0.1) is 0 Å². The van der Waals surface area contributed by atoms with Crippen LogP contribution in [-0.2, 0) is 9.84 Å². The van der Waals surface area contributed by atoms with Gasteiger partial charge in [0.15, 0.2) is 9.84 Å². The van der Waals surface area contributed by atoms with Crippen molar-refractivity contribution in [3.63, 3.8) is 0 Å². The van der Waals surface area contributed by atoms with Gasteiger partial charge in [-0.3, -0.25) is 4.79 Å². The molecule has 28 heavy (non-hydrogen) atoms. The third-order valence-corrected chi connectivity index (χ3v) is 7.37. The quantitative estimate of drug-likeness (QED) is 0.674. The summed E-state index contributed by atoms with van der Waals surface area (Å²) in [5.41, 5.74) is 2.72. The predicted octanol–water partition coefficient (Wildman–Crippen LogP) is 4.04. The third kappa shape index (κ3) is 3.58. The number of rotatable bonds is 4. The molecule has 3 aromatic rings. The standard InChI is InChI=1S/C23H21NO3S/c25-23(20-13-11-19(12-14-20)18-7-3-1-4-8-18)24-16-15-22(17-24)28(26,27)21-9-5-2-6-10-21/h1-14,22H,15-17H2. The SMILES string of the molecule is O=C(c1ccc(-c2ccccc2)cc1)N1CCC(S(=O)(=O)c2ccccc2)C1. The van der Waals surface area contributed by atoms with Crippen molar-refractivity contribution in [2.24, 2.45) is 0 Å². The topological polar surface area (TPSA) is 54.5 Å². The van der Waals surface area contributed by atoms with Crippen LogP contribution >= 0.6 is 0 Å². The number of nitrogens with zero attached hydrogens (tertiary/aromatic N) is 1. The lowest BCUT2D eigenvalue weighted by Gasteiger charge is -2.17. The number of sulfone groups is 1. The smallest absolute Gasteiger partial charge is 0.253 e. The van der Waals surface area contributed by atoms with Gasteiger partial charge in [-0.05, 0) is 41.8 Å². The van der Waals surface area contributed by atoms with E-state index in [0.717, 1.165) is 11.1 Å². The van der Waals surface area contributed by atoms with Crippen molar-refractivity contribution >= 4 is 15.7 Å². The number of hydrogen-bond acceptors (Lipinski definition) is 3. The van der Waals surface area contributed by atoms with E-state index in [0.29, 0.717) is 23.4 Å². The van der Waals surface area contributed by atoms with E-state index < -0.39 is 15.1 Å². The second kappa shape index (κ2) is 7.60. The van der Waals surface area contributed by atoms with Gasteiger partial charge in [-0.15, -0.1) is 0 Å². The van der Waals surface area contributed by atoms with Crippen molar-refractivity contribution < 1.29 is 13.2 Å². The first-order valence-electron chi connectivity index (χ1n) is 9.29. The van der Waals surface area contributed by atoms with E-state index in [9.17, 15) is 13.2 Å². The summed E-state index contributed by atoms with van der Waals surface area (Å²) in [5.74, 6) is -0.120. The Morgan fingerprint density at radius 1 is 0.786 bits per heavy atom. The van der Waals surface area contributed by atoms with E-state index in [1.807, 2.05) is 54.6 Å². The number of carbonyl (C=O) groups excluding carboxylic acids is 1. The Bertz CT molecular complexity index is 1060. The Balaban J connectivity index is 1.48. The molecule has 0 saturated carbocycles. The Morgan fingerprint density at radius 3 is 2.00 bits per heavy atom. The highest BCUT2D eigenvalue weighted by Crippen LogP contribution is 2.26. The second-order valence-corrected chi connectivity index (χ2v) is 9.19. The summed E-state index contributed by atoms with van der Waals surface area (Å²) < 4.78 is 25.6. The Morgan fingerprint density at radius 2 is 1.36 bits per heavy atom. The minimum absolute atomic E-state index is 0.120. The van der Waals surface area contributed by atoms with Crippen LogP contribution in [0.4, 0.5) is 0 Å². The van der Waals surface area contributed by atoms with Crippen LogP contribution in [0.5, 0.6) is 0 Å². The Kier molecular flexibility index (Phi) is 5.01. The van der Waals surface area contributed by atoms with Crippen LogP contribution in [0.15, 0.2) is 89.8 Å². The van der Waals surface area contributed by atoms with Gasteiger partial charge in [0.05, 0.1) is 10.1 Å². The average Bonchev–Trinajstić information content (AvgIpc) is 3.26. The summed E-state index contributed by atoms with van der Waals surface area (Å²) >= 11 is 0. The monoisotopic (exact) mass is 391 g/mol. The molecule has 142 valence electrons. The fraction of sp³-hybridized carbons (Fsp3) is 0.174. The van der Waals surface area contributed by atoms with Crippen LogP contribution in [-0.4, -0.2) is 37.6 Å². The van der Waals surface area contributed by atoms with Gasteiger partial charge < -0.3 is 4.90 Å². The van der Waals surface area contributed by atoms with Gasteiger partial charge in [0.25, 0.3) is 5.91 Å². The van der Waals surface area contributed by atoms with Gasteiger partial charge in [0, 0.05) is 18.7 Å². The lowest BCUT2D eigenvalue weighted by atomic mass is 10.0. The van der Waals surface area contributed by atoms with Crippen molar-refractivity contribution in [2.45, 2.75) is 16.6 Å².